The number of para-hydroxylation sites is 1. The van der Waals surface area contributed by atoms with Crippen molar-refractivity contribution in [2.24, 2.45) is 0 Å². The number of benzene rings is 1. The minimum Gasteiger partial charge on any atom is -0.370 e. The predicted molar refractivity (Wildman–Crippen MR) is 107 cm³/mol. The number of quaternary nitrogens is 1. The summed E-state index contributed by atoms with van der Waals surface area (Å²) < 4.78 is 6.55. The van der Waals surface area contributed by atoms with Crippen molar-refractivity contribution in [1.29, 1.82) is 0 Å². The fraction of sp³-hybridized carbons (Fsp3) is 0.550. The molecule has 1 aliphatic rings. The quantitative estimate of drug-likeness (QED) is 0.493. The molecule has 1 aromatic carbocycles. The molecule has 2 heterocycles. The molecule has 8 nitrogen and oxygen atoms in total. The largest absolute Gasteiger partial charge is 0.370 e. The van der Waals surface area contributed by atoms with E-state index in [0.29, 0.717) is 43.3 Å². The summed E-state index contributed by atoms with van der Waals surface area (Å²) in [6, 6.07) is 6.98. The fourth-order valence-electron chi connectivity index (χ4n) is 3.52. The smallest absolute Gasteiger partial charge is 0.328 e. The molecule has 0 aliphatic carbocycles. The summed E-state index contributed by atoms with van der Waals surface area (Å²) in [6.07, 6.45) is 2.61. The first-order chi connectivity index (χ1) is 13.6. The molecule has 0 bridgehead atoms. The highest BCUT2D eigenvalue weighted by Crippen LogP contribution is 2.04. The van der Waals surface area contributed by atoms with E-state index in [1.54, 1.807) is 24.3 Å². The number of fused-ring (bicyclic) bond motifs is 1. The minimum absolute atomic E-state index is 0.0248. The lowest BCUT2D eigenvalue weighted by atomic mass is 10.2. The van der Waals surface area contributed by atoms with E-state index in [1.165, 1.54) is 9.47 Å². The number of aromatic amines is 1. The first-order valence-electron chi connectivity index (χ1n) is 10.0. The SMILES string of the molecule is O=C(CCCCn1c(=O)[nH]c2ccccc2c1=O)NCCC[NH+]1CCOCC1. The van der Waals surface area contributed by atoms with Crippen molar-refractivity contribution < 1.29 is 14.4 Å². The van der Waals surface area contributed by atoms with Crippen molar-refractivity contribution >= 4 is 16.8 Å². The number of hydrogen-bond acceptors (Lipinski definition) is 4. The summed E-state index contributed by atoms with van der Waals surface area (Å²) in [6.45, 7) is 5.79. The van der Waals surface area contributed by atoms with Crippen molar-refractivity contribution in [3.63, 3.8) is 0 Å². The molecule has 3 N–H and O–H groups in total. The Kier molecular flexibility index (Phi) is 7.39. The summed E-state index contributed by atoms with van der Waals surface area (Å²) in [5, 5.41) is 3.45. The Morgan fingerprint density at radius 2 is 1.93 bits per heavy atom. The van der Waals surface area contributed by atoms with Crippen molar-refractivity contribution in [2.45, 2.75) is 32.2 Å². The number of ether oxygens (including phenoxy) is 1. The second kappa shape index (κ2) is 10.2. The van der Waals surface area contributed by atoms with Crippen LogP contribution < -0.4 is 21.5 Å². The summed E-state index contributed by atoms with van der Waals surface area (Å²) in [5.41, 5.74) is -0.139. The van der Waals surface area contributed by atoms with Gasteiger partial charge in [-0.3, -0.25) is 14.2 Å². The minimum atomic E-state index is -0.404. The van der Waals surface area contributed by atoms with Gasteiger partial charge in [-0.15, -0.1) is 0 Å². The highest BCUT2D eigenvalue weighted by molar-refractivity contribution is 5.77. The van der Waals surface area contributed by atoms with Gasteiger partial charge in [0.2, 0.25) is 5.91 Å². The molecule has 28 heavy (non-hydrogen) atoms. The first-order valence-corrected chi connectivity index (χ1v) is 10.0. The van der Waals surface area contributed by atoms with Gasteiger partial charge >= 0.3 is 5.69 Å². The van der Waals surface area contributed by atoms with Gasteiger partial charge in [-0.25, -0.2) is 4.79 Å². The molecular formula is C20H29N4O4+. The number of rotatable bonds is 9. The molecule has 0 saturated carbocycles. The molecule has 3 rings (SSSR count). The van der Waals surface area contributed by atoms with E-state index in [2.05, 4.69) is 10.3 Å². The van der Waals surface area contributed by atoms with E-state index in [4.69, 9.17) is 4.74 Å². The van der Waals surface area contributed by atoms with E-state index in [9.17, 15) is 14.4 Å². The van der Waals surface area contributed by atoms with Gasteiger partial charge in [0.05, 0.1) is 30.7 Å². The van der Waals surface area contributed by atoms with Crippen molar-refractivity contribution in [1.82, 2.24) is 14.9 Å². The third kappa shape index (κ3) is 5.53. The number of aromatic nitrogens is 2. The van der Waals surface area contributed by atoms with Crippen LogP contribution in [-0.4, -0.2) is 54.9 Å². The molecule has 1 fully saturated rings. The number of carbonyl (C=O) groups is 1. The van der Waals surface area contributed by atoms with Gasteiger partial charge in [-0.2, -0.15) is 0 Å². The van der Waals surface area contributed by atoms with Crippen molar-refractivity contribution in [2.75, 3.05) is 39.4 Å². The second-order valence-corrected chi connectivity index (χ2v) is 7.21. The Bertz CT molecular complexity index is 899. The summed E-state index contributed by atoms with van der Waals surface area (Å²) in [7, 11) is 0. The van der Waals surface area contributed by atoms with Crippen LogP contribution in [0.4, 0.5) is 0 Å². The highest BCUT2D eigenvalue weighted by Gasteiger charge is 2.13. The fourth-order valence-corrected chi connectivity index (χ4v) is 3.52. The standard InChI is InChI=1S/C20H28N4O4/c25-18(21-9-5-10-23-12-14-28-15-13-23)8-3-4-11-24-19(26)16-6-1-2-7-17(16)22-20(24)27/h1-2,6-7H,3-5,8-15H2,(H,21,25)(H,22,27)/p+1. The van der Waals surface area contributed by atoms with Gasteiger partial charge in [0.15, 0.2) is 0 Å². The monoisotopic (exact) mass is 389 g/mol. The van der Waals surface area contributed by atoms with Crippen LogP contribution in [-0.2, 0) is 16.1 Å². The summed E-state index contributed by atoms with van der Waals surface area (Å²) in [4.78, 5) is 40.7. The summed E-state index contributed by atoms with van der Waals surface area (Å²) >= 11 is 0. The van der Waals surface area contributed by atoms with Crippen molar-refractivity contribution in [3.8, 4) is 0 Å². The van der Waals surface area contributed by atoms with Crippen LogP contribution in [0, 0.1) is 0 Å². The summed E-state index contributed by atoms with van der Waals surface area (Å²) in [5.74, 6) is 0.0248. The number of H-pyrrole nitrogens is 1. The Morgan fingerprint density at radius 1 is 1.14 bits per heavy atom. The zero-order valence-corrected chi connectivity index (χ0v) is 16.2. The van der Waals surface area contributed by atoms with Crippen LogP contribution in [0.15, 0.2) is 33.9 Å². The average Bonchev–Trinajstić information content (AvgIpc) is 2.71. The number of morpholine rings is 1. The normalized spacial score (nSPS) is 15.0. The van der Waals surface area contributed by atoms with Crippen LogP contribution in [0.2, 0.25) is 0 Å². The predicted octanol–water partition coefficient (Wildman–Crippen LogP) is -0.718. The molecule has 8 heteroatoms. The van der Waals surface area contributed by atoms with Crippen LogP contribution in [0.25, 0.3) is 10.9 Å². The Morgan fingerprint density at radius 3 is 2.75 bits per heavy atom. The van der Waals surface area contributed by atoms with E-state index in [0.717, 1.165) is 39.3 Å². The third-order valence-electron chi connectivity index (χ3n) is 5.15. The van der Waals surface area contributed by atoms with Crippen LogP contribution in [0.1, 0.15) is 25.7 Å². The highest BCUT2D eigenvalue weighted by atomic mass is 16.5. The maximum Gasteiger partial charge on any atom is 0.328 e. The van der Waals surface area contributed by atoms with Crippen LogP contribution in [0.5, 0.6) is 0 Å². The molecule has 1 aliphatic heterocycles. The van der Waals surface area contributed by atoms with Crippen LogP contribution >= 0.6 is 0 Å². The topological polar surface area (TPSA) is 97.6 Å². The Balaban J connectivity index is 1.36. The number of nitrogens with one attached hydrogen (secondary N) is 3. The maximum atomic E-state index is 12.4. The molecule has 0 unspecified atom stereocenters. The molecule has 1 aromatic heterocycles. The van der Waals surface area contributed by atoms with Crippen LogP contribution in [0.3, 0.4) is 0 Å². The maximum absolute atomic E-state index is 12.4. The second-order valence-electron chi connectivity index (χ2n) is 7.21. The van der Waals surface area contributed by atoms with Gasteiger partial charge in [-0.05, 0) is 25.0 Å². The number of amides is 1. The number of hydrogen-bond donors (Lipinski definition) is 3. The molecule has 152 valence electrons. The van der Waals surface area contributed by atoms with Gasteiger partial charge in [0, 0.05) is 25.9 Å². The van der Waals surface area contributed by atoms with E-state index < -0.39 is 5.69 Å². The Hall–Kier alpha value is -2.45. The lowest BCUT2D eigenvalue weighted by Crippen LogP contribution is -3.14. The number of unbranched alkanes of at least 4 members (excludes halogenated alkanes) is 1. The zero-order valence-electron chi connectivity index (χ0n) is 16.2. The van der Waals surface area contributed by atoms with E-state index >= 15 is 0 Å². The van der Waals surface area contributed by atoms with E-state index in [1.807, 2.05) is 0 Å². The zero-order chi connectivity index (χ0) is 19.8. The molecule has 1 saturated heterocycles. The Labute approximate surface area is 163 Å². The molecular weight excluding hydrogens is 360 g/mol. The average molecular weight is 389 g/mol. The third-order valence-corrected chi connectivity index (χ3v) is 5.15. The molecule has 0 atom stereocenters. The lowest BCUT2D eigenvalue weighted by molar-refractivity contribution is -0.908. The molecule has 2 aromatic rings. The van der Waals surface area contributed by atoms with Gasteiger partial charge in [0.25, 0.3) is 5.56 Å². The lowest BCUT2D eigenvalue weighted by Gasteiger charge is -2.23. The molecule has 0 spiro atoms. The van der Waals surface area contributed by atoms with Gasteiger partial charge < -0.3 is 19.9 Å². The number of nitrogens with zero attached hydrogens (tertiary/aromatic N) is 1. The molecule has 0 radical (unpaired) electrons. The first kappa shape index (κ1) is 20.3. The molecule has 1 amide bonds. The van der Waals surface area contributed by atoms with Gasteiger partial charge in [0.1, 0.15) is 13.1 Å². The van der Waals surface area contributed by atoms with Gasteiger partial charge in [-0.1, -0.05) is 12.1 Å². The van der Waals surface area contributed by atoms with E-state index in [-0.39, 0.29) is 11.5 Å². The van der Waals surface area contributed by atoms with Crippen molar-refractivity contribution in [3.05, 3.63) is 45.1 Å². The number of carbonyl (C=O) groups excluding carboxylic acids is 1.